The lowest BCUT2D eigenvalue weighted by molar-refractivity contribution is -0.142. The predicted molar refractivity (Wildman–Crippen MR) is 75.1 cm³/mol. The highest BCUT2D eigenvalue weighted by atomic mass is 16.4. The largest absolute Gasteiger partial charge is 0.480 e. The smallest absolute Gasteiger partial charge is 0.325 e. The first-order valence-corrected chi connectivity index (χ1v) is 6.89. The van der Waals surface area contributed by atoms with Gasteiger partial charge in [-0.25, -0.2) is 0 Å². The number of likely N-dealkylation sites (tertiary alicyclic amines) is 1. The average molecular weight is 276 g/mol. The van der Waals surface area contributed by atoms with Crippen LogP contribution in [0.15, 0.2) is 30.3 Å². The van der Waals surface area contributed by atoms with Crippen molar-refractivity contribution in [2.75, 3.05) is 6.54 Å². The minimum atomic E-state index is -1.01. The summed E-state index contributed by atoms with van der Waals surface area (Å²) in [5.41, 5.74) is 1.17. The molecule has 1 aromatic carbocycles. The summed E-state index contributed by atoms with van der Waals surface area (Å²) in [7, 11) is 0. The van der Waals surface area contributed by atoms with Crippen molar-refractivity contribution in [3.05, 3.63) is 35.9 Å². The summed E-state index contributed by atoms with van der Waals surface area (Å²) < 4.78 is 0. The highest BCUT2D eigenvalue weighted by molar-refractivity contribution is 5.86. The number of carbonyl (C=O) groups is 2. The number of carboxylic acid groups (broad SMARTS) is 1. The van der Waals surface area contributed by atoms with Crippen molar-refractivity contribution in [3.63, 3.8) is 0 Å². The van der Waals surface area contributed by atoms with Crippen molar-refractivity contribution < 1.29 is 14.7 Å². The van der Waals surface area contributed by atoms with Crippen LogP contribution < -0.4 is 5.32 Å². The Kier molecular flexibility index (Phi) is 4.74. The van der Waals surface area contributed by atoms with Gasteiger partial charge in [-0.2, -0.15) is 0 Å². The number of carboxylic acids is 1. The Morgan fingerprint density at radius 1 is 1.40 bits per heavy atom. The molecule has 1 fully saturated rings. The third kappa shape index (κ3) is 3.57. The van der Waals surface area contributed by atoms with Crippen LogP contribution in [0.25, 0.3) is 0 Å². The standard InChI is InChI=1S/C15H20N2O3/c1-11(15(19)20)16-14(18)13-8-5-9-17(13)10-12-6-3-2-4-7-12/h2-4,6-7,11,13H,5,8-10H2,1H3,(H,16,18)(H,19,20)/t11-,13?/m0/s1. The molecule has 1 aliphatic rings. The van der Waals surface area contributed by atoms with E-state index in [4.69, 9.17) is 5.11 Å². The van der Waals surface area contributed by atoms with Crippen molar-refractivity contribution in [3.8, 4) is 0 Å². The lowest BCUT2D eigenvalue weighted by Gasteiger charge is -2.24. The molecular formula is C15H20N2O3. The Bertz CT molecular complexity index is 475. The summed E-state index contributed by atoms with van der Waals surface area (Å²) in [5, 5.41) is 11.4. The summed E-state index contributed by atoms with van der Waals surface area (Å²) in [5.74, 6) is -1.20. The summed E-state index contributed by atoms with van der Waals surface area (Å²) in [4.78, 5) is 25.0. The van der Waals surface area contributed by atoms with E-state index in [0.29, 0.717) is 0 Å². The number of aliphatic carboxylic acids is 1. The van der Waals surface area contributed by atoms with E-state index in [2.05, 4.69) is 10.2 Å². The van der Waals surface area contributed by atoms with Crippen LogP contribution in [0.5, 0.6) is 0 Å². The fourth-order valence-corrected chi connectivity index (χ4v) is 2.50. The van der Waals surface area contributed by atoms with E-state index in [1.807, 2.05) is 30.3 Å². The highest BCUT2D eigenvalue weighted by Gasteiger charge is 2.31. The molecular weight excluding hydrogens is 256 g/mol. The Labute approximate surface area is 118 Å². The van der Waals surface area contributed by atoms with Gasteiger partial charge in [-0.15, -0.1) is 0 Å². The monoisotopic (exact) mass is 276 g/mol. The maximum atomic E-state index is 12.1. The van der Waals surface area contributed by atoms with Crippen LogP contribution >= 0.6 is 0 Å². The van der Waals surface area contributed by atoms with Crippen molar-refractivity contribution >= 4 is 11.9 Å². The highest BCUT2D eigenvalue weighted by Crippen LogP contribution is 2.20. The fourth-order valence-electron chi connectivity index (χ4n) is 2.50. The lowest BCUT2D eigenvalue weighted by Crippen LogP contribution is -2.48. The molecule has 2 rings (SSSR count). The maximum absolute atomic E-state index is 12.1. The van der Waals surface area contributed by atoms with Crippen molar-refractivity contribution in [1.82, 2.24) is 10.2 Å². The molecule has 2 N–H and O–H groups in total. The van der Waals surface area contributed by atoms with Crippen LogP contribution in [0.2, 0.25) is 0 Å². The van der Waals surface area contributed by atoms with Crippen LogP contribution in [0.4, 0.5) is 0 Å². The molecule has 0 bridgehead atoms. The number of nitrogens with one attached hydrogen (secondary N) is 1. The van der Waals surface area contributed by atoms with Gasteiger partial charge in [-0.3, -0.25) is 14.5 Å². The molecule has 108 valence electrons. The van der Waals surface area contributed by atoms with Gasteiger partial charge in [0, 0.05) is 6.54 Å². The molecule has 1 amide bonds. The van der Waals surface area contributed by atoms with E-state index in [1.165, 1.54) is 12.5 Å². The summed E-state index contributed by atoms with van der Waals surface area (Å²) in [6.07, 6.45) is 1.75. The first kappa shape index (κ1) is 14.5. The van der Waals surface area contributed by atoms with Crippen LogP contribution in [0.1, 0.15) is 25.3 Å². The van der Waals surface area contributed by atoms with E-state index in [0.717, 1.165) is 25.9 Å². The second-order valence-corrected chi connectivity index (χ2v) is 5.18. The van der Waals surface area contributed by atoms with Gasteiger partial charge in [0.05, 0.1) is 6.04 Å². The van der Waals surface area contributed by atoms with Gasteiger partial charge in [0.1, 0.15) is 6.04 Å². The number of rotatable bonds is 5. The van der Waals surface area contributed by atoms with Gasteiger partial charge < -0.3 is 10.4 Å². The molecule has 1 aromatic rings. The number of hydrogen-bond acceptors (Lipinski definition) is 3. The molecule has 1 saturated heterocycles. The molecule has 0 aromatic heterocycles. The summed E-state index contributed by atoms with van der Waals surface area (Å²) in [6, 6.07) is 8.92. The van der Waals surface area contributed by atoms with Gasteiger partial charge in [-0.05, 0) is 31.9 Å². The van der Waals surface area contributed by atoms with Crippen LogP contribution in [0.3, 0.4) is 0 Å². The van der Waals surface area contributed by atoms with Crippen LogP contribution in [-0.2, 0) is 16.1 Å². The lowest BCUT2D eigenvalue weighted by atomic mass is 10.1. The van der Waals surface area contributed by atoms with Gasteiger partial charge in [0.25, 0.3) is 0 Å². The van der Waals surface area contributed by atoms with Gasteiger partial charge >= 0.3 is 5.97 Å². The van der Waals surface area contributed by atoms with E-state index in [-0.39, 0.29) is 11.9 Å². The Morgan fingerprint density at radius 3 is 2.75 bits per heavy atom. The molecule has 5 heteroatoms. The Hall–Kier alpha value is -1.88. The van der Waals surface area contributed by atoms with E-state index < -0.39 is 12.0 Å². The molecule has 1 unspecified atom stereocenters. The molecule has 0 aliphatic carbocycles. The van der Waals surface area contributed by atoms with E-state index in [9.17, 15) is 9.59 Å². The molecule has 1 aliphatic heterocycles. The van der Waals surface area contributed by atoms with Crippen molar-refractivity contribution in [1.29, 1.82) is 0 Å². The quantitative estimate of drug-likeness (QED) is 0.849. The normalized spacial score (nSPS) is 20.6. The average Bonchev–Trinajstić information content (AvgIpc) is 2.88. The second-order valence-electron chi connectivity index (χ2n) is 5.18. The van der Waals surface area contributed by atoms with Crippen LogP contribution in [-0.4, -0.2) is 40.5 Å². The number of benzene rings is 1. The molecule has 0 saturated carbocycles. The van der Waals surface area contributed by atoms with E-state index >= 15 is 0 Å². The first-order valence-electron chi connectivity index (χ1n) is 6.89. The molecule has 20 heavy (non-hydrogen) atoms. The fraction of sp³-hybridized carbons (Fsp3) is 0.467. The van der Waals surface area contributed by atoms with Crippen LogP contribution in [0, 0.1) is 0 Å². The van der Waals surface area contributed by atoms with Crippen molar-refractivity contribution in [2.24, 2.45) is 0 Å². The number of amides is 1. The van der Waals surface area contributed by atoms with E-state index in [1.54, 1.807) is 0 Å². The zero-order valence-electron chi connectivity index (χ0n) is 11.6. The molecule has 0 radical (unpaired) electrons. The third-order valence-corrected chi connectivity index (χ3v) is 3.62. The Balaban J connectivity index is 1.96. The zero-order chi connectivity index (χ0) is 14.5. The minimum absolute atomic E-state index is 0.187. The van der Waals surface area contributed by atoms with Gasteiger partial charge in [0.2, 0.25) is 5.91 Å². The Morgan fingerprint density at radius 2 is 2.10 bits per heavy atom. The minimum Gasteiger partial charge on any atom is -0.480 e. The molecule has 1 heterocycles. The molecule has 0 spiro atoms. The van der Waals surface area contributed by atoms with Gasteiger partial charge in [-0.1, -0.05) is 30.3 Å². The molecule has 2 atom stereocenters. The van der Waals surface area contributed by atoms with Gasteiger partial charge in [0.15, 0.2) is 0 Å². The number of nitrogens with zero attached hydrogens (tertiary/aromatic N) is 1. The maximum Gasteiger partial charge on any atom is 0.325 e. The predicted octanol–water partition coefficient (Wildman–Crippen LogP) is 1.24. The topological polar surface area (TPSA) is 69.6 Å². The number of hydrogen-bond donors (Lipinski definition) is 2. The SMILES string of the molecule is C[C@H](NC(=O)C1CCCN1Cc1ccccc1)C(=O)O. The molecule has 5 nitrogen and oxygen atoms in total. The summed E-state index contributed by atoms with van der Waals surface area (Å²) in [6.45, 7) is 3.07. The third-order valence-electron chi connectivity index (χ3n) is 3.62. The summed E-state index contributed by atoms with van der Waals surface area (Å²) >= 11 is 0. The van der Waals surface area contributed by atoms with Crippen molar-refractivity contribution in [2.45, 2.75) is 38.4 Å². The zero-order valence-corrected chi connectivity index (χ0v) is 11.6. The second kappa shape index (κ2) is 6.52. The first-order chi connectivity index (χ1) is 9.58. The number of carbonyl (C=O) groups excluding carboxylic acids is 1.